The van der Waals surface area contributed by atoms with Crippen LogP contribution in [-0.2, 0) is 6.54 Å². The summed E-state index contributed by atoms with van der Waals surface area (Å²) in [5, 5.41) is 13.5. The molecule has 0 fully saturated rings. The summed E-state index contributed by atoms with van der Waals surface area (Å²) in [4.78, 5) is 18.5. The SMILES string of the molecule is Cc1nccn1-c1ccc(CNc2ccc([N+](=O)[O-])cc2F)cn1. The Kier molecular flexibility index (Phi) is 4.19. The van der Waals surface area contributed by atoms with Crippen molar-refractivity contribution < 1.29 is 9.31 Å². The van der Waals surface area contributed by atoms with Crippen molar-refractivity contribution in [1.29, 1.82) is 0 Å². The van der Waals surface area contributed by atoms with Crippen molar-refractivity contribution in [2.75, 3.05) is 5.32 Å². The van der Waals surface area contributed by atoms with Crippen LogP contribution in [0.25, 0.3) is 5.82 Å². The summed E-state index contributed by atoms with van der Waals surface area (Å²) in [5.41, 5.74) is 0.782. The highest BCUT2D eigenvalue weighted by atomic mass is 19.1. The molecule has 122 valence electrons. The van der Waals surface area contributed by atoms with Crippen LogP contribution < -0.4 is 5.32 Å². The zero-order valence-electron chi connectivity index (χ0n) is 12.8. The zero-order chi connectivity index (χ0) is 17.1. The summed E-state index contributed by atoms with van der Waals surface area (Å²) in [7, 11) is 0. The second-order valence-corrected chi connectivity index (χ2v) is 5.14. The zero-order valence-corrected chi connectivity index (χ0v) is 12.8. The third-order valence-corrected chi connectivity index (χ3v) is 3.53. The molecule has 0 spiro atoms. The van der Waals surface area contributed by atoms with Gasteiger partial charge in [-0.2, -0.15) is 0 Å². The lowest BCUT2D eigenvalue weighted by Crippen LogP contribution is -2.04. The maximum Gasteiger partial charge on any atom is 0.272 e. The summed E-state index contributed by atoms with van der Waals surface area (Å²) in [5.74, 6) is 0.916. The van der Waals surface area contributed by atoms with E-state index in [-0.39, 0.29) is 11.4 Å². The molecule has 0 atom stereocenters. The van der Waals surface area contributed by atoms with Gasteiger partial charge in [0.25, 0.3) is 5.69 Å². The molecule has 3 rings (SSSR count). The molecule has 0 radical (unpaired) electrons. The quantitative estimate of drug-likeness (QED) is 0.574. The van der Waals surface area contributed by atoms with Gasteiger partial charge in [0.05, 0.1) is 16.7 Å². The topological polar surface area (TPSA) is 85.9 Å². The molecule has 0 unspecified atom stereocenters. The molecule has 3 aromatic rings. The Balaban J connectivity index is 1.69. The first-order chi connectivity index (χ1) is 11.5. The van der Waals surface area contributed by atoms with E-state index in [4.69, 9.17) is 0 Å². The standard InChI is InChI=1S/C16H14FN5O2/c1-11-18-6-7-21(11)16-5-2-12(10-20-16)9-19-15-4-3-13(22(23)24)8-14(15)17/h2-8,10,19H,9H2,1H3. The number of hydrogen-bond donors (Lipinski definition) is 1. The van der Waals surface area contributed by atoms with Crippen molar-refractivity contribution in [3.63, 3.8) is 0 Å². The van der Waals surface area contributed by atoms with Crippen LogP contribution in [-0.4, -0.2) is 19.5 Å². The van der Waals surface area contributed by atoms with Crippen LogP contribution >= 0.6 is 0 Å². The van der Waals surface area contributed by atoms with Crippen molar-refractivity contribution in [1.82, 2.24) is 14.5 Å². The molecule has 0 saturated carbocycles. The van der Waals surface area contributed by atoms with Gasteiger partial charge in [0.2, 0.25) is 0 Å². The Labute approximate surface area is 137 Å². The number of halogens is 1. The minimum atomic E-state index is -0.664. The van der Waals surface area contributed by atoms with Gasteiger partial charge in [0, 0.05) is 31.2 Å². The lowest BCUT2D eigenvalue weighted by Gasteiger charge is -2.09. The van der Waals surface area contributed by atoms with Crippen molar-refractivity contribution in [2.45, 2.75) is 13.5 Å². The molecule has 2 aromatic heterocycles. The Morgan fingerprint density at radius 2 is 2.12 bits per heavy atom. The Morgan fingerprint density at radius 3 is 2.71 bits per heavy atom. The number of nitro groups is 1. The number of aryl methyl sites for hydroxylation is 1. The van der Waals surface area contributed by atoms with E-state index in [0.717, 1.165) is 23.3 Å². The first-order valence-corrected chi connectivity index (χ1v) is 7.17. The van der Waals surface area contributed by atoms with Gasteiger partial charge in [0.15, 0.2) is 5.82 Å². The third-order valence-electron chi connectivity index (χ3n) is 3.53. The monoisotopic (exact) mass is 327 g/mol. The van der Waals surface area contributed by atoms with E-state index in [1.54, 1.807) is 12.4 Å². The largest absolute Gasteiger partial charge is 0.379 e. The molecule has 24 heavy (non-hydrogen) atoms. The summed E-state index contributed by atoms with van der Waals surface area (Å²) >= 11 is 0. The van der Waals surface area contributed by atoms with Gasteiger partial charge in [-0.25, -0.2) is 14.4 Å². The van der Waals surface area contributed by atoms with Gasteiger partial charge < -0.3 is 5.32 Å². The lowest BCUT2D eigenvalue weighted by atomic mass is 10.2. The predicted octanol–water partition coefficient (Wildman–Crippen LogP) is 3.24. The van der Waals surface area contributed by atoms with Gasteiger partial charge in [-0.05, 0) is 24.6 Å². The maximum atomic E-state index is 13.8. The summed E-state index contributed by atoms with van der Waals surface area (Å²) in [6.07, 6.45) is 5.21. The van der Waals surface area contributed by atoms with Gasteiger partial charge in [-0.15, -0.1) is 0 Å². The van der Waals surface area contributed by atoms with E-state index in [1.807, 2.05) is 29.8 Å². The fourth-order valence-corrected chi connectivity index (χ4v) is 2.24. The van der Waals surface area contributed by atoms with E-state index < -0.39 is 10.7 Å². The number of pyridine rings is 1. The molecule has 2 heterocycles. The molecular formula is C16H14FN5O2. The highest BCUT2D eigenvalue weighted by molar-refractivity contribution is 5.50. The van der Waals surface area contributed by atoms with Crippen LogP contribution in [0.5, 0.6) is 0 Å². The van der Waals surface area contributed by atoms with Crippen LogP contribution in [0, 0.1) is 22.9 Å². The third kappa shape index (κ3) is 3.22. The first-order valence-electron chi connectivity index (χ1n) is 7.17. The van der Waals surface area contributed by atoms with Crippen molar-refractivity contribution in [2.24, 2.45) is 0 Å². The number of benzene rings is 1. The van der Waals surface area contributed by atoms with Crippen LogP contribution in [0.3, 0.4) is 0 Å². The van der Waals surface area contributed by atoms with Gasteiger partial charge in [0.1, 0.15) is 11.6 Å². The fourth-order valence-electron chi connectivity index (χ4n) is 2.24. The van der Waals surface area contributed by atoms with Crippen molar-refractivity contribution in [3.8, 4) is 5.82 Å². The minimum absolute atomic E-state index is 0.204. The van der Waals surface area contributed by atoms with Crippen molar-refractivity contribution >= 4 is 11.4 Å². The number of imidazole rings is 1. The number of rotatable bonds is 5. The molecule has 0 amide bonds. The number of hydrogen-bond acceptors (Lipinski definition) is 5. The summed E-state index contributed by atoms with van der Waals surface area (Å²) < 4.78 is 15.7. The first kappa shape index (κ1) is 15.6. The van der Waals surface area contributed by atoms with Crippen LogP contribution in [0.2, 0.25) is 0 Å². The lowest BCUT2D eigenvalue weighted by molar-refractivity contribution is -0.385. The van der Waals surface area contributed by atoms with Gasteiger partial charge in [-0.3, -0.25) is 14.7 Å². The second-order valence-electron chi connectivity index (χ2n) is 5.14. The second kappa shape index (κ2) is 6.45. The number of nitro benzene ring substituents is 1. The molecule has 0 saturated heterocycles. The predicted molar refractivity (Wildman–Crippen MR) is 86.5 cm³/mol. The van der Waals surface area contributed by atoms with Crippen LogP contribution in [0.15, 0.2) is 48.9 Å². The average Bonchev–Trinajstić information content (AvgIpc) is 3.00. The number of non-ortho nitro benzene ring substituents is 1. The van der Waals surface area contributed by atoms with Crippen LogP contribution in [0.4, 0.5) is 15.8 Å². The Hall–Kier alpha value is -3.29. The van der Waals surface area contributed by atoms with Gasteiger partial charge >= 0.3 is 0 Å². The average molecular weight is 327 g/mol. The maximum absolute atomic E-state index is 13.8. The highest BCUT2D eigenvalue weighted by Gasteiger charge is 2.10. The molecule has 1 N–H and O–H groups in total. The molecule has 0 aliphatic rings. The molecule has 8 heteroatoms. The Bertz CT molecular complexity index is 876. The Morgan fingerprint density at radius 1 is 1.29 bits per heavy atom. The van der Waals surface area contributed by atoms with Crippen LogP contribution in [0.1, 0.15) is 11.4 Å². The molecule has 0 aliphatic carbocycles. The van der Waals surface area contributed by atoms with E-state index in [1.165, 1.54) is 12.1 Å². The van der Waals surface area contributed by atoms with E-state index in [0.29, 0.717) is 6.54 Å². The summed E-state index contributed by atoms with van der Waals surface area (Å²) in [6, 6.07) is 7.22. The molecular weight excluding hydrogens is 313 g/mol. The smallest absolute Gasteiger partial charge is 0.272 e. The van der Waals surface area contributed by atoms with Gasteiger partial charge in [-0.1, -0.05) is 6.07 Å². The molecule has 7 nitrogen and oxygen atoms in total. The molecule has 0 bridgehead atoms. The number of nitrogens with one attached hydrogen (secondary N) is 1. The minimum Gasteiger partial charge on any atom is -0.379 e. The highest BCUT2D eigenvalue weighted by Crippen LogP contribution is 2.21. The fraction of sp³-hybridized carbons (Fsp3) is 0.125. The van der Waals surface area contributed by atoms with E-state index in [9.17, 15) is 14.5 Å². The molecule has 1 aromatic carbocycles. The molecule has 0 aliphatic heterocycles. The van der Waals surface area contributed by atoms with E-state index >= 15 is 0 Å². The number of nitrogens with zero attached hydrogens (tertiary/aromatic N) is 4. The normalized spacial score (nSPS) is 10.6. The number of anilines is 1. The van der Waals surface area contributed by atoms with Crippen molar-refractivity contribution in [3.05, 3.63) is 76.2 Å². The van der Waals surface area contributed by atoms with E-state index in [2.05, 4.69) is 15.3 Å². The number of aromatic nitrogens is 3. The summed E-state index contributed by atoms with van der Waals surface area (Å²) in [6.45, 7) is 2.24.